The number of ether oxygens (including phenoxy) is 2. The van der Waals surface area contributed by atoms with Crippen LogP contribution in [0.2, 0.25) is 0 Å². The number of carbonyl (C=O) groups is 2. The minimum Gasteiger partial charge on any atom is -0.495 e. The number of Topliss-reactive ketones (excluding diaryl/α,β-unsaturated/α-hetero) is 1. The molecule has 15 heavy (non-hydrogen) atoms. The molecule has 1 aliphatic rings. The number of hydrogen-bond donors (Lipinski definition) is 0. The molecular weight excluding hydrogens is 196 g/mol. The zero-order valence-corrected chi connectivity index (χ0v) is 9.33. The maximum Gasteiger partial charge on any atom is 0.310 e. The Morgan fingerprint density at radius 2 is 2.27 bits per heavy atom. The molecule has 0 aromatic heterocycles. The van der Waals surface area contributed by atoms with Crippen molar-refractivity contribution in [1.29, 1.82) is 0 Å². The number of hydrogen-bond acceptors (Lipinski definition) is 4. The van der Waals surface area contributed by atoms with Gasteiger partial charge in [-0.15, -0.1) is 0 Å². The Kier molecular flexibility index (Phi) is 3.50. The van der Waals surface area contributed by atoms with Crippen LogP contribution in [0.15, 0.2) is 11.8 Å². The summed E-state index contributed by atoms with van der Waals surface area (Å²) in [7, 11) is 0. The van der Waals surface area contributed by atoms with E-state index >= 15 is 0 Å². The first-order valence-electron chi connectivity index (χ1n) is 5.00. The third-order valence-corrected chi connectivity index (χ3v) is 2.10. The molecule has 0 aliphatic carbocycles. The van der Waals surface area contributed by atoms with Crippen LogP contribution in [0, 0.1) is 0 Å². The summed E-state index contributed by atoms with van der Waals surface area (Å²) in [4.78, 5) is 22.7. The van der Waals surface area contributed by atoms with Crippen LogP contribution < -0.4 is 0 Å². The van der Waals surface area contributed by atoms with Gasteiger partial charge in [-0.3, -0.25) is 9.59 Å². The van der Waals surface area contributed by atoms with Gasteiger partial charge in [0.05, 0.1) is 25.7 Å². The highest BCUT2D eigenvalue weighted by molar-refractivity contribution is 6.00. The second kappa shape index (κ2) is 4.47. The lowest BCUT2D eigenvalue weighted by molar-refractivity contribution is -0.143. The Bertz CT molecular complexity index is 302. The molecule has 0 amide bonds. The first kappa shape index (κ1) is 11.8. The molecule has 84 valence electrons. The Morgan fingerprint density at radius 3 is 2.80 bits per heavy atom. The van der Waals surface area contributed by atoms with Gasteiger partial charge >= 0.3 is 5.97 Å². The zero-order valence-electron chi connectivity index (χ0n) is 9.33. The smallest absolute Gasteiger partial charge is 0.310 e. The molecular formula is C11H16O4. The van der Waals surface area contributed by atoms with E-state index in [2.05, 4.69) is 0 Å². The summed E-state index contributed by atoms with van der Waals surface area (Å²) in [5.74, 6) is -0.431. The monoisotopic (exact) mass is 212 g/mol. The minimum atomic E-state index is -0.463. The Labute approximate surface area is 89.2 Å². The SMILES string of the molecule is CCOC(=O)CC1=COC(C)(C)CC1=O. The summed E-state index contributed by atoms with van der Waals surface area (Å²) in [6, 6.07) is 0. The maximum absolute atomic E-state index is 11.6. The van der Waals surface area contributed by atoms with Gasteiger partial charge in [-0.25, -0.2) is 0 Å². The molecule has 1 rings (SSSR count). The summed E-state index contributed by atoms with van der Waals surface area (Å²) in [6.07, 6.45) is 1.68. The molecule has 4 heteroatoms. The van der Waals surface area contributed by atoms with Crippen molar-refractivity contribution < 1.29 is 19.1 Å². The van der Waals surface area contributed by atoms with Gasteiger partial charge in [-0.1, -0.05) is 0 Å². The average molecular weight is 212 g/mol. The molecule has 0 N–H and O–H groups in total. The van der Waals surface area contributed by atoms with Crippen molar-refractivity contribution in [2.75, 3.05) is 6.61 Å². The average Bonchev–Trinajstić information content (AvgIpc) is 2.10. The van der Waals surface area contributed by atoms with Crippen LogP contribution in [0.5, 0.6) is 0 Å². The fourth-order valence-electron chi connectivity index (χ4n) is 1.35. The van der Waals surface area contributed by atoms with E-state index in [0.717, 1.165) is 0 Å². The van der Waals surface area contributed by atoms with E-state index in [4.69, 9.17) is 9.47 Å². The molecule has 4 nitrogen and oxygen atoms in total. The molecule has 0 radical (unpaired) electrons. The van der Waals surface area contributed by atoms with Gasteiger partial charge in [0.15, 0.2) is 5.78 Å². The van der Waals surface area contributed by atoms with Crippen molar-refractivity contribution in [1.82, 2.24) is 0 Å². The second-order valence-corrected chi connectivity index (χ2v) is 4.10. The van der Waals surface area contributed by atoms with E-state index < -0.39 is 5.60 Å². The van der Waals surface area contributed by atoms with Crippen molar-refractivity contribution >= 4 is 11.8 Å². The van der Waals surface area contributed by atoms with Crippen molar-refractivity contribution in [2.24, 2.45) is 0 Å². The highest BCUT2D eigenvalue weighted by atomic mass is 16.5. The molecule has 0 bridgehead atoms. The van der Waals surface area contributed by atoms with Gasteiger partial charge in [0.25, 0.3) is 0 Å². The van der Waals surface area contributed by atoms with Crippen LogP contribution in [0.3, 0.4) is 0 Å². The van der Waals surface area contributed by atoms with Gasteiger partial charge in [0.1, 0.15) is 5.60 Å². The van der Waals surface area contributed by atoms with E-state index in [1.807, 2.05) is 13.8 Å². The predicted molar refractivity (Wildman–Crippen MR) is 54.1 cm³/mol. The highest BCUT2D eigenvalue weighted by Crippen LogP contribution is 2.25. The van der Waals surface area contributed by atoms with Crippen LogP contribution in [0.25, 0.3) is 0 Å². The van der Waals surface area contributed by atoms with E-state index in [1.54, 1.807) is 6.92 Å². The normalized spacial score (nSPS) is 19.1. The lowest BCUT2D eigenvalue weighted by Crippen LogP contribution is -2.31. The van der Waals surface area contributed by atoms with Gasteiger partial charge < -0.3 is 9.47 Å². The number of esters is 1. The molecule has 0 spiro atoms. The largest absolute Gasteiger partial charge is 0.495 e. The molecule has 0 saturated heterocycles. The van der Waals surface area contributed by atoms with Crippen molar-refractivity contribution in [3.05, 3.63) is 11.8 Å². The zero-order chi connectivity index (χ0) is 11.5. The summed E-state index contributed by atoms with van der Waals surface area (Å²) >= 11 is 0. The highest BCUT2D eigenvalue weighted by Gasteiger charge is 2.30. The summed E-state index contributed by atoms with van der Waals surface area (Å²) in [6.45, 7) is 5.73. The van der Waals surface area contributed by atoms with Gasteiger partial charge in [-0.05, 0) is 20.8 Å². The van der Waals surface area contributed by atoms with Crippen LogP contribution >= 0.6 is 0 Å². The lowest BCUT2D eigenvalue weighted by atomic mass is 9.94. The Morgan fingerprint density at radius 1 is 1.60 bits per heavy atom. The first-order valence-corrected chi connectivity index (χ1v) is 5.00. The third kappa shape index (κ3) is 3.38. The fraction of sp³-hybridized carbons (Fsp3) is 0.636. The molecule has 1 aliphatic heterocycles. The predicted octanol–water partition coefficient (Wildman–Crippen LogP) is 1.59. The van der Waals surface area contributed by atoms with Gasteiger partial charge in [-0.2, -0.15) is 0 Å². The number of rotatable bonds is 3. The Hall–Kier alpha value is -1.32. The summed E-state index contributed by atoms with van der Waals surface area (Å²) < 4.78 is 10.1. The quantitative estimate of drug-likeness (QED) is 0.667. The second-order valence-electron chi connectivity index (χ2n) is 4.10. The van der Waals surface area contributed by atoms with Crippen molar-refractivity contribution in [3.8, 4) is 0 Å². The molecule has 0 unspecified atom stereocenters. The molecule has 0 saturated carbocycles. The number of carbonyl (C=O) groups excluding carboxylic acids is 2. The van der Waals surface area contributed by atoms with E-state index in [1.165, 1.54) is 6.26 Å². The summed E-state index contributed by atoms with van der Waals surface area (Å²) in [5.41, 5.74) is -0.0670. The van der Waals surface area contributed by atoms with Crippen molar-refractivity contribution in [2.45, 2.75) is 39.2 Å². The lowest BCUT2D eigenvalue weighted by Gasteiger charge is -2.28. The number of ketones is 1. The van der Waals surface area contributed by atoms with Crippen LogP contribution in [0.4, 0.5) is 0 Å². The molecule has 0 fully saturated rings. The van der Waals surface area contributed by atoms with Crippen LogP contribution in [-0.4, -0.2) is 24.0 Å². The fourth-order valence-corrected chi connectivity index (χ4v) is 1.35. The van der Waals surface area contributed by atoms with E-state index in [0.29, 0.717) is 18.6 Å². The van der Waals surface area contributed by atoms with E-state index in [9.17, 15) is 9.59 Å². The third-order valence-electron chi connectivity index (χ3n) is 2.10. The Balaban J connectivity index is 2.60. The molecule has 0 aromatic rings. The standard InChI is InChI=1S/C11H16O4/c1-4-14-10(13)5-8-7-15-11(2,3)6-9(8)12/h7H,4-6H2,1-3H3. The van der Waals surface area contributed by atoms with Gasteiger partial charge in [0.2, 0.25) is 0 Å². The molecule has 0 aromatic carbocycles. The van der Waals surface area contributed by atoms with Crippen LogP contribution in [-0.2, 0) is 19.1 Å². The minimum absolute atomic E-state index is 0.00273. The maximum atomic E-state index is 11.6. The van der Waals surface area contributed by atoms with E-state index in [-0.39, 0.29) is 18.2 Å². The first-order chi connectivity index (χ1) is 6.94. The molecule has 1 heterocycles. The summed E-state index contributed by atoms with van der Waals surface area (Å²) in [5, 5.41) is 0. The van der Waals surface area contributed by atoms with Gasteiger partial charge in [0, 0.05) is 5.57 Å². The molecule has 0 atom stereocenters. The van der Waals surface area contributed by atoms with Crippen LogP contribution in [0.1, 0.15) is 33.6 Å². The topological polar surface area (TPSA) is 52.6 Å². The van der Waals surface area contributed by atoms with Crippen molar-refractivity contribution in [3.63, 3.8) is 0 Å².